The Morgan fingerprint density at radius 3 is 3.00 bits per heavy atom. The molecule has 0 saturated carbocycles. The molecule has 2 aliphatic rings. The summed E-state index contributed by atoms with van der Waals surface area (Å²) >= 11 is 0. The van der Waals surface area contributed by atoms with Crippen molar-refractivity contribution in [1.29, 1.82) is 0 Å². The SMILES string of the molecule is CC(C)N1C(=O)N[C@@H]2CN(C(=O)Nc3ccc4ccoc4c3)CC[C@@H]21. The van der Waals surface area contributed by atoms with Gasteiger partial charge in [-0.15, -0.1) is 0 Å². The van der Waals surface area contributed by atoms with E-state index in [1.54, 1.807) is 11.2 Å². The molecule has 2 saturated heterocycles. The topological polar surface area (TPSA) is 77.8 Å². The third-order valence-corrected chi connectivity index (χ3v) is 5.03. The summed E-state index contributed by atoms with van der Waals surface area (Å²) in [5.41, 5.74) is 1.45. The molecule has 7 nitrogen and oxygen atoms in total. The van der Waals surface area contributed by atoms with Crippen molar-refractivity contribution in [3.8, 4) is 0 Å². The Labute approximate surface area is 145 Å². The van der Waals surface area contributed by atoms with E-state index in [0.29, 0.717) is 18.8 Å². The largest absolute Gasteiger partial charge is 0.464 e. The van der Waals surface area contributed by atoms with Crippen LogP contribution in [-0.4, -0.2) is 53.1 Å². The van der Waals surface area contributed by atoms with Crippen molar-refractivity contribution in [2.45, 2.75) is 38.4 Å². The predicted molar refractivity (Wildman–Crippen MR) is 94.5 cm³/mol. The van der Waals surface area contributed by atoms with Gasteiger partial charge in [0.2, 0.25) is 0 Å². The van der Waals surface area contributed by atoms with Crippen molar-refractivity contribution in [2.24, 2.45) is 0 Å². The number of carbonyl (C=O) groups excluding carboxylic acids is 2. The lowest BCUT2D eigenvalue weighted by molar-refractivity contribution is 0.138. The molecule has 2 aromatic rings. The third kappa shape index (κ3) is 2.79. The molecule has 1 aromatic heterocycles. The van der Waals surface area contributed by atoms with Gasteiger partial charge >= 0.3 is 12.1 Å². The molecule has 0 unspecified atom stereocenters. The van der Waals surface area contributed by atoms with E-state index in [0.717, 1.165) is 17.4 Å². The minimum atomic E-state index is -0.151. The van der Waals surface area contributed by atoms with Gasteiger partial charge in [0.1, 0.15) is 5.58 Å². The molecule has 0 radical (unpaired) electrons. The van der Waals surface area contributed by atoms with Crippen LogP contribution in [0, 0.1) is 0 Å². The normalized spacial score (nSPS) is 23.1. The maximum Gasteiger partial charge on any atom is 0.321 e. The van der Waals surface area contributed by atoms with Gasteiger partial charge in [-0.2, -0.15) is 0 Å². The first-order valence-corrected chi connectivity index (χ1v) is 8.65. The highest BCUT2D eigenvalue weighted by atomic mass is 16.3. The number of hydrogen-bond donors (Lipinski definition) is 2. The maximum atomic E-state index is 12.6. The number of carbonyl (C=O) groups is 2. The second-order valence-electron chi connectivity index (χ2n) is 6.96. The van der Waals surface area contributed by atoms with Gasteiger partial charge in [-0.1, -0.05) is 0 Å². The first-order valence-electron chi connectivity index (χ1n) is 8.65. The van der Waals surface area contributed by atoms with E-state index in [1.165, 1.54) is 0 Å². The van der Waals surface area contributed by atoms with E-state index in [1.807, 2.05) is 43.0 Å². The Morgan fingerprint density at radius 1 is 1.36 bits per heavy atom. The first kappa shape index (κ1) is 15.8. The van der Waals surface area contributed by atoms with Gasteiger partial charge in [-0.25, -0.2) is 9.59 Å². The summed E-state index contributed by atoms with van der Waals surface area (Å²) in [5.74, 6) is 0. The number of piperidine rings is 1. The molecule has 1 aromatic carbocycles. The zero-order valence-corrected chi connectivity index (χ0v) is 14.4. The average molecular weight is 342 g/mol. The number of furan rings is 1. The van der Waals surface area contributed by atoms with Crippen molar-refractivity contribution in [3.63, 3.8) is 0 Å². The molecule has 4 rings (SSSR count). The van der Waals surface area contributed by atoms with Crippen molar-refractivity contribution in [2.75, 3.05) is 18.4 Å². The molecule has 0 aliphatic carbocycles. The molecular formula is C18H22N4O3. The Bertz CT molecular complexity index is 816. The average Bonchev–Trinajstić information content (AvgIpc) is 3.16. The molecule has 0 spiro atoms. The van der Waals surface area contributed by atoms with Gasteiger partial charge in [0.25, 0.3) is 0 Å². The molecule has 4 amide bonds. The number of likely N-dealkylation sites (tertiary alicyclic amines) is 1. The Balaban J connectivity index is 1.43. The lowest BCUT2D eigenvalue weighted by Gasteiger charge is -2.37. The summed E-state index contributed by atoms with van der Waals surface area (Å²) in [6.45, 7) is 5.19. The van der Waals surface area contributed by atoms with Crippen molar-refractivity contribution in [3.05, 3.63) is 30.5 Å². The van der Waals surface area contributed by atoms with E-state index in [9.17, 15) is 9.59 Å². The monoisotopic (exact) mass is 342 g/mol. The number of fused-ring (bicyclic) bond motifs is 2. The number of hydrogen-bond acceptors (Lipinski definition) is 3. The number of nitrogens with one attached hydrogen (secondary N) is 2. The van der Waals surface area contributed by atoms with Crippen LogP contribution in [0.25, 0.3) is 11.0 Å². The van der Waals surface area contributed by atoms with Crippen LogP contribution in [-0.2, 0) is 0 Å². The number of benzene rings is 1. The minimum Gasteiger partial charge on any atom is -0.464 e. The fraction of sp³-hybridized carbons (Fsp3) is 0.444. The Hall–Kier alpha value is -2.70. The number of nitrogens with zero attached hydrogens (tertiary/aromatic N) is 2. The highest BCUT2D eigenvalue weighted by Crippen LogP contribution is 2.26. The van der Waals surface area contributed by atoms with Crippen LogP contribution >= 0.6 is 0 Å². The number of urea groups is 2. The summed E-state index contributed by atoms with van der Waals surface area (Å²) < 4.78 is 5.37. The second kappa shape index (κ2) is 5.98. The molecule has 2 atom stereocenters. The molecule has 132 valence electrons. The van der Waals surface area contributed by atoms with E-state index in [-0.39, 0.29) is 30.2 Å². The summed E-state index contributed by atoms with van der Waals surface area (Å²) in [4.78, 5) is 28.4. The molecule has 25 heavy (non-hydrogen) atoms. The predicted octanol–water partition coefficient (Wildman–Crippen LogP) is 2.84. The zero-order valence-electron chi connectivity index (χ0n) is 14.4. The van der Waals surface area contributed by atoms with Crippen LogP contribution in [0.15, 0.2) is 34.9 Å². The first-order chi connectivity index (χ1) is 12.0. The van der Waals surface area contributed by atoms with E-state index >= 15 is 0 Å². The maximum absolute atomic E-state index is 12.6. The minimum absolute atomic E-state index is 0.0121. The van der Waals surface area contributed by atoms with Crippen LogP contribution < -0.4 is 10.6 Å². The van der Waals surface area contributed by atoms with Gasteiger partial charge in [-0.3, -0.25) is 0 Å². The van der Waals surface area contributed by atoms with E-state index in [4.69, 9.17) is 4.42 Å². The quantitative estimate of drug-likeness (QED) is 0.881. The van der Waals surface area contributed by atoms with Crippen molar-refractivity contribution in [1.82, 2.24) is 15.1 Å². The Kier molecular flexibility index (Phi) is 3.78. The fourth-order valence-electron chi connectivity index (χ4n) is 3.84. The summed E-state index contributed by atoms with van der Waals surface area (Å²) in [7, 11) is 0. The van der Waals surface area contributed by atoms with Crippen LogP contribution in [0.4, 0.5) is 15.3 Å². The highest BCUT2D eigenvalue weighted by molar-refractivity contribution is 5.92. The number of anilines is 1. The zero-order chi connectivity index (χ0) is 17.6. The van der Waals surface area contributed by atoms with Crippen LogP contribution in [0.3, 0.4) is 0 Å². The van der Waals surface area contributed by atoms with Gasteiger partial charge in [0.15, 0.2) is 0 Å². The summed E-state index contributed by atoms with van der Waals surface area (Å²) in [6.07, 6.45) is 2.41. The van der Waals surface area contributed by atoms with Gasteiger partial charge < -0.3 is 24.9 Å². The molecule has 2 fully saturated rings. The number of rotatable bonds is 2. The Morgan fingerprint density at radius 2 is 2.20 bits per heavy atom. The van der Waals surface area contributed by atoms with Gasteiger partial charge in [0.05, 0.1) is 18.3 Å². The number of amides is 4. The van der Waals surface area contributed by atoms with E-state index < -0.39 is 0 Å². The van der Waals surface area contributed by atoms with Crippen molar-refractivity contribution < 1.29 is 14.0 Å². The molecular weight excluding hydrogens is 320 g/mol. The fourth-order valence-corrected chi connectivity index (χ4v) is 3.84. The summed E-state index contributed by atoms with van der Waals surface area (Å²) in [6, 6.07) is 7.61. The van der Waals surface area contributed by atoms with Gasteiger partial charge in [-0.05, 0) is 38.5 Å². The smallest absolute Gasteiger partial charge is 0.321 e. The third-order valence-electron chi connectivity index (χ3n) is 5.03. The van der Waals surface area contributed by atoms with Crippen molar-refractivity contribution >= 4 is 28.7 Å². The lowest BCUT2D eigenvalue weighted by Crippen LogP contribution is -2.54. The standard InChI is InChI=1S/C18H22N4O3/c1-11(2)22-15-5-7-21(10-14(15)20-18(22)24)17(23)19-13-4-3-12-6-8-25-16(12)9-13/h3-4,6,8-9,11,14-15H,5,7,10H2,1-2H3,(H,19,23)(H,20,24)/t14-,15+/m1/s1. The second-order valence-corrected chi connectivity index (χ2v) is 6.96. The van der Waals surface area contributed by atoms with Crippen LogP contribution in [0.5, 0.6) is 0 Å². The van der Waals surface area contributed by atoms with E-state index in [2.05, 4.69) is 10.6 Å². The summed E-state index contributed by atoms with van der Waals surface area (Å²) in [5, 5.41) is 6.93. The highest BCUT2D eigenvalue weighted by Gasteiger charge is 2.44. The lowest BCUT2D eigenvalue weighted by atomic mass is 9.99. The molecule has 0 bridgehead atoms. The molecule has 2 aliphatic heterocycles. The molecule has 3 heterocycles. The van der Waals surface area contributed by atoms with Gasteiger partial charge in [0, 0.05) is 36.3 Å². The molecule has 2 N–H and O–H groups in total. The van der Waals surface area contributed by atoms with Crippen LogP contribution in [0.2, 0.25) is 0 Å². The van der Waals surface area contributed by atoms with Crippen LogP contribution in [0.1, 0.15) is 20.3 Å². The molecule has 7 heteroatoms.